The summed E-state index contributed by atoms with van der Waals surface area (Å²) in [6.45, 7) is 5.40. The Hall–Kier alpha value is -0.890. The third-order valence-electron chi connectivity index (χ3n) is 2.17. The Balaban J connectivity index is 2.70. The maximum atomic E-state index is 9.29. The van der Waals surface area contributed by atoms with Crippen molar-refractivity contribution in [2.75, 3.05) is 0 Å². The number of thiophene rings is 1. The van der Waals surface area contributed by atoms with Crippen LogP contribution in [0.4, 0.5) is 0 Å². The Morgan fingerprint density at radius 2 is 2.13 bits per heavy atom. The zero-order valence-corrected chi connectivity index (χ0v) is 9.91. The van der Waals surface area contributed by atoms with Gasteiger partial charge in [0.05, 0.1) is 12.2 Å². The smallest absolute Gasteiger partial charge is 0.178 e. The van der Waals surface area contributed by atoms with Gasteiger partial charge in [-0.1, -0.05) is 0 Å². The molecule has 0 aliphatic rings. The molecular weight excluding hydrogens is 210 g/mol. The Morgan fingerprint density at radius 1 is 1.47 bits per heavy atom. The summed E-state index contributed by atoms with van der Waals surface area (Å²) in [4.78, 5) is 2.04. The molecule has 3 nitrogen and oxygen atoms in total. The first-order chi connectivity index (χ1) is 7.04. The van der Waals surface area contributed by atoms with E-state index in [2.05, 4.69) is 6.07 Å². The van der Waals surface area contributed by atoms with E-state index in [0.717, 1.165) is 9.75 Å². The highest BCUT2D eigenvalue weighted by atomic mass is 32.1. The topological polar surface area (TPSA) is 53.2 Å². The largest absolute Gasteiger partial charge is 0.391 e. The van der Waals surface area contributed by atoms with Crippen LogP contribution in [0, 0.1) is 18.3 Å². The van der Waals surface area contributed by atoms with Gasteiger partial charge < -0.3 is 9.84 Å². The number of hydrogen-bond acceptors (Lipinski definition) is 4. The molecule has 4 heteroatoms. The monoisotopic (exact) mass is 225 g/mol. The van der Waals surface area contributed by atoms with Gasteiger partial charge >= 0.3 is 0 Å². The highest BCUT2D eigenvalue weighted by Gasteiger charge is 2.19. The zero-order chi connectivity index (χ0) is 11.4. The average Bonchev–Trinajstić information content (AvgIpc) is 2.60. The van der Waals surface area contributed by atoms with Crippen LogP contribution in [0.2, 0.25) is 0 Å². The number of aryl methyl sites for hydroxylation is 1. The van der Waals surface area contributed by atoms with Crippen LogP contribution in [0.3, 0.4) is 0 Å². The number of ether oxygens (including phenoxy) is 1. The summed E-state index contributed by atoms with van der Waals surface area (Å²) >= 11 is 1.54. The molecule has 1 aromatic rings. The van der Waals surface area contributed by atoms with E-state index in [9.17, 15) is 5.11 Å². The van der Waals surface area contributed by atoms with Crippen molar-refractivity contribution in [3.63, 3.8) is 0 Å². The second-order valence-electron chi connectivity index (χ2n) is 3.54. The fraction of sp³-hybridized carbons (Fsp3) is 0.545. The fourth-order valence-corrected chi connectivity index (χ4v) is 1.94. The highest BCUT2D eigenvalue weighted by molar-refractivity contribution is 7.12. The van der Waals surface area contributed by atoms with Crippen LogP contribution in [0.5, 0.6) is 0 Å². The second-order valence-corrected chi connectivity index (χ2v) is 4.86. The first-order valence-corrected chi connectivity index (χ1v) is 5.65. The Kier molecular flexibility index (Phi) is 4.28. The van der Waals surface area contributed by atoms with E-state index in [0.29, 0.717) is 0 Å². The number of rotatable bonds is 4. The van der Waals surface area contributed by atoms with Crippen molar-refractivity contribution >= 4 is 11.3 Å². The minimum Gasteiger partial charge on any atom is -0.391 e. The van der Waals surface area contributed by atoms with Crippen molar-refractivity contribution < 1.29 is 9.84 Å². The quantitative estimate of drug-likeness (QED) is 0.856. The van der Waals surface area contributed by atoms with E-state index in [1.807, 2.05) is 19.1 Å². The molecule has 3 unspecified atom stereocenters. The Labute approximate surface area is 93.9 Å². The number of aliphatic hydroxyl groups is 1. The minimum absolute atomic E-state index is 0.336. The highest BCUT2D eigenvalue weighted by Crippen LogP contribution is 2.26. The van der Waals surface area contributed by atoms with Crippen LogP contribution >= 0.6 is 11.3 Å². The lowest BCUT2D eigenvalue weighted by Gasteiger charge is -2.18. The second kappa shape index (κ2) is 5.26. The molecule has 1 rings (SSSR count). The van der Waals surface area contributed by atoms with Gasteiger partial charge in [0.1, 0.15) is 6.07 Å². The molecule has 0 amide bonds. The van der Waals surface area contributed by atoms with Crippen molar-refractivity contribution in [2.24, 2.45) is 0 Å². The molecule has 1 N–H and O–H groups in total. The van der Waals surface area contributed by atoms with Gasteiger partial charge in [-0.15, -0.1) is 11.3 Å². The molecule has 3 atom stereocenters. The van der Waals surface area contributed by atoms with E-state index >= 15 is 0 Å². The van der Waals surface area contributed by atoms with Gasteiger partial charge in [0.25, 0.3) is 0 Å². The van der Waals surface area contributed by atoms with Crippen LogP contribution in [-0.2, 0) is 4.74 Å². The first-order valence-electron chi connectivity index (χ1n) is 4.84. The third-order valence-corrected chi connectivity index (χ3v) is 3.21. The maximum absolute atomic E-state index is 9.29. The summed E-state index contributed by atoms with van der Waals surface area (Å²) < 4.78 is 5.46. The minimum atomic E-state index is -0.576. The van der Waals surface area contributed by atoms with Crippen LogP contribution in [0.1, 0.15) is 29.7 Å². The number of nitrogens with zero attached hydrogens (tertiary/aromatic N) is 1. The van der Waals surface area contributed by atoms with Crippen LogP contribution < -0.4 is 0 Å². The summed E-state index contributed by atoms with van der Waals surface area (Å²) in [6.07, 6.45) is -1.48. The Bertz CT molecular complexity index is 354. The predicted molar refractivity (Wildman–Crippen MR) is 59.6 cm³/mol. The summed E-state index contributed by atoms with van der Waals surface area (Å²) in [5.41, 5.74) is 0. The number of nitriles is 1. The predicted octanol–water partition coefficient (Wildman–Crippen LogP) is 2.41. The SMILES string of the molecule is Cc1ccc(C(C#N)OC(C)C(C)O)s1. The fourth-order valence-electron chi connectivity index (χ4n) is 1.08. The summed E-state index contributed by atoms with van der Waals surface area (Å²) in [6, 6.07) is 5.95. The summed E-state index contributed by atoms with van der Waals surface area (Å²) in [5, 5.41) is 18.3. The van der Waals surface area contributed by atoms with Crippen molar-refractivity contribution in [2.45, 2.75) is 39.1 Å². The standard InChI is InChI=1S/C11H15NO2S/c1-7-4-5-11(15-7)10(6-12)14-9(3)8(2)13/h4-5,8-10,13H,1-3H3. The average molecular weight is 225 g/mol. The number of aliphatic hydroxyl groups excluding tert-OH is 1. The van der Waals surface area contributed by atoms with Gasteiger partial charge in [0.2, 0.25) is 0 Å². The molecule has 0 fully saturated rings. The van der Waals surface area contributed by atoms with E-state index < -0.39 is 12.2 Å². The van der Waals surface area contributed by atoms with Crippen LogP contribution in [0.25, 0.3) is 0 Å². The lowest BCUT2D eigenvalue weighted by Crippen LogP contribution is -2.24. The molecule has 0 aliphatic heterocycles. The normalized spacial score (nSPS) is 16.7. The molecule has 0 spiro atoms. The van der Waals surface area contributed by atoms with Crippen molar-refractivity contribution in [1.82, 2.24) is 0 Å². The van der Waals surface area contributed by atoms with Gasteiger partial charge in [-0.2, -0.15) is 5.26 Å². The van der Waals surface area contributed by atoms with Gasteiger partial charge in [0, 0.05) is 9.75 Å². The molecule has 0 aliphatic carbocycles. The van der Waals surface area contributed by atoms with Crippen molar-refractivity contribution in [3.05, 3.63) is 21.9 Å². The van der Waals surface area contributed by atoms with Gasteiger partial charge in [-0.25, -0.2) is 0 Å². The van der Waals surface area contributed by atoms with E-state index in [1.165, 1.54) is 0 Å². The van der Waals surface area contributed by atoms with E-state index in [-0.39, 0.29) is 6.10 Å². The molecular formula is C11H15NO2S. The molecule has 15 heavy (non-hydrogen) atoms. The first kappa shape index (κ1) is 12.2. The maximum Gasteiger partial charge on any atom is 0.178 e. The number of hydrogen-bond donors (Lipinski definition) is 1. The van der Waals surface area contributed by atoms with E-state index in [1.54, 1.807) is 25.2 Å². The van der Waals surface area contributed by atoms with Gasteiger partial charge in [-0.3, -0.25) is 0 Å². The molecule has 1 heterocycles. The van der Waals surface area contributed by atoms with E-state index in [4.69, 9.17) is 10.00 Å². The molecule has 0 radical (unpaired) electrons. The summed E-state index contributed by atoms with van der Waals surface area (Å²) in [7, 11) is 0. The lowest BCUT2D eigenvalue weighted by atomic mass is 10.2. The molecule has 82 valence electrons. The zero-order valence-electron chi connectivity index (χ0n) is 9.10. The van der Waals surface area contributed by atoms with Gasteiger partial charge in [0.15, 0.2) is 6.10 Å². The van der Waals surface area contributed by atoms with Crippen molar-refractivity contribution in [1.29, 1.82) is 5.26 Å². The molecule has 0 saturated heterocycles. The van der Waals surface area contributed by atoms with Crippen molar-refractivity contribution in [3.8, 4) is 6.07 Å². The Morgan fingerprint density at radius 3 is 2.53 bits per heavy atom. The van der Waals surface area contributed by atoms with Crippen LogP contribution in [-0.4, -0.2) is 17.3 Å². The van der Waals surface area contributed by atoms with Gasteiger partial charge in [-0.05, 0) is 32.9 Å². The third kappa shape index (κ3) is 3.31. The lowest BCUT2D eigenvalue weighted by molar-refractivity contribution is -0.0415. The molecule has 0 bridgehead atoms. The molecule has 0 aromatic carbocycles. The molecule has 1 aromatic heterocycles. The summed E-state index contributed by atoms with van der Waals surface area (Å²) in [5.74, 6) is 0. The molecule has 0 saturated carbocycles. The van der Waals surface area contributed by atoms with Crippen LogP contribution in [0.15, 0.2) is 12.1 Å².